The van der Waals surface area contributed by atoms with Crippen LogP contribution in [0, 0.1) is 0 Å². The van der Waals surface area contributed by atoms with Gasteiger partial charge in [0.15, 0.2) is 0 Å². The van der Waals surface area contributed by atoms with Crippen LogP contribution in [0.2, 0.25) is 0 Å². The first-order chi connectivity index (χ1) is 9.68. The third-order valence-electron chi connectivity index (χ3n) is 3.30. The van der Waals surface area contributed by atoms with Crippen LogP contribution >= 0.6 is 11.8 Å². The smallest absolute Gasteiger partial charge is 0.119 e. The zero-order valence-electron chi connectivity index (χ0n) is 12.1. The molecule has 108 valence electrons. The Labute approximate surface area is 124 Å². The normalized spacial score (nSPS) is 13.9. The molecular formula is C16H22N2OS. The van der Waals surface area contributed by atoms with Crippen molar-refractivity contribution < 1.29 is 4.74 Å². The van der Waals surface area contributed by atoms with Crippen LogP contribution in [0.3, 0.4) is 0 Å². The molecule has 0 aliphatic rings. The van der Waals surface area contributed by atoms with E-state index >= 15 is 0 Å². The number of H-pyrrole nitrogens is 1. The molecule has 0 spiro atoms. The van der Waals surface area contributed by atoms with Crippen LogP contribution in [0.15, 0.2) is 47.6 Å². The highest BCUT2D eigenvalue weighted by Crippen LogP contribution is 2.43. The molecule has 20 heavy (non-hydrogen) atoms. The zero-order chi connectivity index (χ0) is 14.4. The van der Waals surface area contributed by atoms with Gasteiger partial charge in [0, 0.05) is 10.9 Å². The molecule has 1 heterocycles. The minimum atomic E-state index is -0.0374. The molecule has 2 rings (SSSR count). The van der Waals surface area contributed by atoms with E-state index in [0.717, 1.165) is 17.2 Å². The summed E-state index contributed by atoms with van der Waals surface area (Å²) in [7, 11) is 0. The predicted molar refractivity (Wildman–Crippen MR) is 85.3 cm³/mol. The highest BCUT2D eigenvalue weighted by Gasteiger charge is 2.27. The van der Waals surface area contributed by atoms with E-state index in [1.807, 2.05) is 43.1 Å². The molecule has 0 bridgehead atoms. The third-order valence-corrected chi connectivity index (χ3v) is 4.67. The summed E-state index contributed by atoms with van der Waals surface area (Å²) in [5.41, 5.74) is 7.08. The Morgan fingerprint density at radius 3 is 2.55 bits per heavy atom. The van der Waals surface area contributed by atoms with E-state index in [0.29, 0.717) is 13.2 Å². The molecular weight excluding hydrogens is 268 g/mol. The van der Waals surface area contributed by atoms with Crippen LogP contribution in [-0.4, -0.2) is 18.1 Å². The monoisotopic (exact) mass is 290 g/mol. The standard InChI is InChI=1S/C16H22N2OS/c1-3-19-14-8-6-13(7-9-14)16(2,10-11-17)20-15-5-4-12-18-15/h4-9,12,18H,3,10-11,17H2,1-2H3. The minimum absolute atomic E-state index is 0.0374. The Morgan fingerprint density at radius 1 is 1.25 bits per heavy atom. The van der Waals surface area contributed by atoms with Crippen LogP contribution < -0.4 is 10.5 Å². The van der Waals surface area contributed by atoms with Gasteiger partial charge in [0.05, 0.1) is 11.6 Å². The van der Waals surface area contributed by atoms with Crippen molar-refractivity contribution in [3.63, 3.8) is 0 Å². The van der Waals surface area contributed by atoms with Crippen molar-refractivity contribution in [1.82, 2.24) is 4.98 Å². The van der Waals surface area contributed by atoms with Crippen LogP contribution in [0.5, 0.6) is 5.75 Å². The summed E-state index contributed by atoms with van der Waals surface area (Å²) in [6.45, 7) is 5.59. The highest BCUT2D eigenvalue weighted by atomic mass is 32.2. The molecule has 1 aromatic heterocycles. The van der Waals surface area contributed by atoms with Crippen LogP contribution in [-0.2, 0) is 4.75 Å². The Hall–Kier alpha value is -1.39. The van der Waals surface area contributed by atoms with Gasteiger partial charge in [0.1, 0.15) is 5.75 Å². The molecule has 0 saturated carbocycles. The van der Waals surface area contributed by atoms with Crippen molar-refractivity contribution in [3.05, 3.63) is 48.2 Å². The van der Waals surface area contributed by atoms with Gasteiger partial charge in [0.2, 0.25) is 0 Å². The number of aromatic nitrogens is 1. The Bertz CT molecular complexity index is 510. The largest absolute Gasteiger partial charge is 0.494 e. The van der Waals surface area contributed by atoms with Gasteiger partial charge in [0.25, 0.3) is 0 Å². The van der Waals surface area contributed by atoms with Crippen molar-refractivity contribution in [2.45, 2.75) is 30.0 Å². The quantitative estimate of drug-likeness (QED) is 0.763. The second kappa shape index (κ2) is 6.86. The number of rotatable bonds is 7. The zero-order valence-corrected chi connectivity index (χ0v) is 12.9. The van der Waals surface area contributed by atoms with Crippen molar-refractivity contribution in [3.8, 4) is 5.75 Å². The van der Waals surface area contributed by atoms with Gasteiger partial charge in [-0.3, -0.25) is 0 Å². The number of hydrogen-bond acceptors (Lipinski definition) is 3. The van der Waals surface area contributed by atoms with Gasteiger partial charge in [-0.05, 0) is 56.6 Å². The molecule has 1 atom stereocenters. The maximum absolute atomic E-state index is 5.81. The number of hydrogen-bond donors (Lipinski definition) is 2. The molecule has 1 aromatic carbocycles. The van der Waals surface area contributed by atoms with Gasteiger partial charge >= 0.3 is 0 Å². The summed E-state index contributed by atoms with van der Waals surface area (Å²) in [5, 5.41) is 1.16. The van der Waals surface area contributed by atoms with E-state index in [9.17, 15) is 0 Å². The fourth-order valence-corrected chi connectivity index (χ4v) is 3.45. The fourth-order valence-electron chi connectivity index (χ4n) is 2.22. The number of nitrogens with two attached hydrogens (primary N) is 1. The topological polar surface area (TPSA) is 51.0 Å². The van der Waals surface area contributed by atoms with E-state index in [1.54, 1.807) is 0 Å². The second-order valence-electron chi connectivity index (χ2n) is 4.86. The van der Waals surface area contributed by atoms with Crippen molar-refractivity contribution in [2.24, 2.45) is 5.73 Å². The Morgan fingerprint density at radius 2 is 2.00 bits per heavy atom. The van der Waals surface area contributed by atoms with E-state index < -0.39 is 0 Å². The van der Waals surface area contributed by atoms with Gasteiger partial charge in [-0.15, -0.1) is 0 Å². The van der Waals surface area contributed by atoms with Crippen LogP contribution in [0.4, 0.5) is 0 Å². The van der Waals surface area contributed by atoms with Crippen LogP contribution in [0.1, 0.15) is 25.8 Å². The van der Waals surface area contributed by atoms with E-state index in [4.69, 9.17) is 10.5 Å². The SMILES string of the molecule is CCOc1ccc(C(C)(CCN)Sc2ccc[nH]2)cc1. The van der Waals surface area contributed by atoms with Crippen molar-refractivity contribution >= 4 is 11.8 Å². The Balaban J connectivity index is 2.22. The molecule has 4 heteroatoms. The van der Waals surface area contributed by atoms with E-state index in [1.165, 1.54) is 5.56 Å². The summed E-state index contributed by atoms with van der Waals surface area (Å²) in [6.07, 6.45) is 2.87. The maximum Gasteiger partial charge on any atom is 0.119 e. The maximum atomic E-state index is 5.81. The number of aromatic amines is 1. The molecule has 3 N–H and O–H groups in total. The summed E-state index contributed by atoms with van der Waals surface area (Å²) in [6, 6.07) is 12.4. The lowest BCUT2D eigenvalue weighted by Gasteiger charge is -2.29. The van der Waals surface area contributed by atoms with Crippen molar-refractivity contribution in [2.75, 3.05) is 13.2 Å². The molecule has 3 nitrogen and oxygen atoms in total. The number of nitrogens with one attached hydrogen (secondary N) is 1. The summed E-state index contributed by atoms with van der Waals surface area (Å²) in [5.74, 6) is 0.913. The third kappa shape index (κ3) is 3.58. The lowest BCUT2D eigenvalue weighted by molar-refractivity contribution is 0.340. The molecule has 0 aliphatic carbocycles. The molecule has 2 aromatic rings. The minimum Gasteiger partial charge on any atom is -0.494 e. The first-order valence-electron chi connectivity index (χ1n) is 6.94. The number of ether oxygens (including phenoxy) is 1. The van der Waals surface area contributed by atoms with Gasteiger partial charge < -0.3 is 15.5 Å². The summed E-state index contributed by atoms with van der Waals surface area (Å²) < 4.78 is 5.46. The van der Waals surface area contributed by atoms with Gasteiger partial charge in [-0.2, -0.15) is 0 Å². The predicted octanol–water partition coefficient (Wildman–Crippen LogP) is 3.77. The number of benzene rings is 1. The van der Waals surface area contributed by atoms with E-state index in [-0.39, 0.29) is 4.75 Å². The van der Waals surface area contributed by atoms with Crippen LogP contribution in [0.25, 0.3) is 0 Å². The lowest BCUT2D eigenvalue weighted by Crippen LogP contribution is -2.22. The van der Waals surface area contributed by atoms with Gasteiger partial charge in [-0.1, -0.05) is 23.9 Å². The van der Waals surface area contributed by atoms with E-state index in [2.05, 4.69) is 30.1 Å². The van der Waals surface area contributed by atoms with Gasteiger partial charge in [-0.25, -0.2) is 0 Å². The lowest BCUT2D eigenvalue weighted by atomic mass is 9.96. The highest BCUT2D eigenvalue weighted by molar-refractivity contribution is 8.00. The summed E-state index contributed by atoms with van der Waals surface area (Å²) >= 11 is 1.82. The second-order valence-corrected chi connectivity index (χ2v) is 6.41. The molecule has 0 saturated heterocycles. The summed E-state index contributed by atoms with van der Waals surface area (Å²) in [4.78, 5) is 3.25. The van der Waals surface area contributed by atoms with Crippen molar-refractivity contribution in [1.29, 1.82) is 0 Å². The molecule has 1 unspecified atom stereocenters. The molecule has 0 fully saturated rings. The Kier molecular flexibility index (Phi) is 5.15. The molecule has 0 radical (unpaired) electrons. The average Bonchev–Trinajstić information content (AvgIpc) is 2.93. The first kappa shape index (κ1) is 15.0. The molecule has 0 amide bonds. The fraction of sp³-hybridized carbons (Fsp3) is 0.375. The average molecular weight is 290 g/mol. The molecule has 0 aliphatic heterocycles. The number of thioether (sulfide) groups is 1. The first-order valence-corrected chi connectivity index (χ1v) is 7.75.